The number of nitrogens with one attached hydrogen (secondary N) is 1. The second kappa shape index (κ2) is 7.01. The molecule has 1 aliphatic rings. The third-order valence-electron chi connectivity index (χ3n) is 4.42. The van der Waals surface area contributed by atoms with Crippen molar-refractivity contribution in [3.05, 3.63) is 65.2 Å². The van der Waals surface area contributed by atoms with E-state index < -0.39 is 17.6 Å². The Balaban J connectivity index is 1.63. The number of hydrogen-bond acceptors (Lipinski definition) is 2. The maximum atomic E-state index is 13.5. The summed E-state index contributed by atoms with van der Waals surface area (Å²) < 4.78 is 26.9. The van der Waals surface area contributed by atoms with Gasteiger partial charge >= 0.3 is 11.8 Å². The smallest absolute Gasteiger partial charge is 0.313 e. The van der Waals surface area contributed by atoms with Crippen molar-refractivity contribution in [2.24, 2.45) is 0 Å². The van der Waals surface area contributed by atoms with Crippen molar-refractivity contribution in [2.45, 2.75) is 19.3 Å². The first-order valence-electron chi connectivity index (χ1n) is 8.06. The molecule has 2 aromatic rings. The van der Waals surface area contributed by atoms with Crippen LogP contribution in [0.15, 0.2) is 42.5 Å². The van der Waals surface area contributed by atoms with Crippen LogP contribution in [-0.2, 0) is 9.59 Å². The van der Waals surface area contributed by atoms with E-state index in [-0.39, 0.29) is 17.4 Å². The van der Waals surface area contributed by atoms with Crippen LogP contribution in [0.2, 0.25) is 0 Å². The monoisotopic (exact) mass is 344 g/mol. The van der Waals surface area contributed by atoms with Gasteiger partial charge in [0.15, 0.2) is 0 Å². The van der Waals surface area contributed by atoms with Gasteiger partial charge in [-0.3, -0.25) is 9.59 Å². The molecule has 3 rings (SSSR count). The van der Waals surface area contributed by atoms with Gasteiger partial charge < -0.3 is 10.2 Å². The Bertz CT molecular complexity index is 823. The van der Waals surface area contributed by atoms with Gasteiger partial charge in [0, 0.05) is 24.7 Å². The third-order valence-corrected chi connectivity index (χ3v) is 4.42. The van der Waals surface area contributed by atoms with Gasteiger partial charge in [0.25, 0.3) is 0 Å². The van der Waals surface area contributed by atoms with E-state index >= 15 is 0 Å². The van der Waals surface area contributed by atoms with E-state index in [1.165, 1.54) is 29.2 Å². The average molecular weight is 344 g/mol. The highest BCUT2D eigenvalue weighted by Gasteiger charge is 2.31. The molecule has 0 spiro atoms. The molecule has 2 aromatic carbocycles. The molecule has 1 N–H and O–H groups in total. The van der Waals surface area contributed by atoms with Crippen molar-refractivity contribution >= 4 is 17.5 Å². The van der Waals surface area contributed by atoms with E-state index in [0.29, 0.717) is 25.1 Å². The highest BCUT2D eigenvalue weighted by molar-refractivity contribution is 6.39. The molecule has 0 saturated carbocycles. The number of hydrogen-bond donors (Lipinski definition) is 1. The van der Waals surface area contributed by atoms with E-state index in [1.54, 1.807) is 19.1 Å². The number of carbonyl (C=O) groups excluding carboxylic acids is 2. The van der Waals surface area contributed by atoms with Gasteiger partial charge in [-0.2, -0.15) is 0 Å². The highest BCUT2D eigenvalue weighted by Crippen LogP contribution is 2.27. The van der Waals surface area contributed by atoms with E-state index in [9.17, 15) is 18.4 Å². The van der Waals surface area contributed by atoms with Crippen molar-refractivity contribution in [2.75, 3.05) is 18.4 Å². The average Bonchev–Trinajstić information content (AvgIpc) is 3.07. The van der Waals surface area contributed by atoms with Crippen LogP contribution < -0.4 is 5.32 Å². The molecular formula is C19H18F2N2O2. The van der Waals surface area contributed by atoms with E-state index in [4.69, 9.17) is 0 Å². The number of halogens is 2. The SMILES string of the molecule is Cc1ccc(NC(=O)C(=O)N2CCC(c3cccc(F)c3)C2)cc1F. The van der Waals surface area contributed by atoms with Gasteiger partial charge in [0.1, 0.15) is 11.6 Å². The summed E-state index contributed by atoms with van der Waals surface area (Å²) in [5, 5.41) is 2.42. The van der Waals surface area contributed by atoms with Gasteiger partial charge in [-0.25, -0.2) is 8.78 Å². The Kier molecular flexibility index (Phi) is 4.79. The minimum atomic E-state index is -0.803. The van der Waals surface area contributed by atoms with Gasteiger partial charge in [0.05, 0.1) is 0 Å². The molecule has 0 radical (unpaired) electrons. The first-order chi connectivity index (χ1) is 11.9. The lowest BCUT2D eigenvalue weighted by Gasteiger charge is -2.16. The molecule has 1 heterocycles. The number of aryl methyl sites for hydroxylation is 1. The first kappa shape index (κ1) is 17.1. The summed E-state index contributed by atoms with van der Waals surface area (Å²) in [7, 11) is 0. The van der Waals surface area contributed by atoms with E-state index in [1.807, 2.05) is 6.07 Å². The summed E-state index contributed by atoms with van der Waals surface area (Å²) >= 11 is 0. The Hall–Kier alpha value is -2.76. The Morgan fingerprint density at radius 1 is 1.16 bits per heavy atom. The molecule has 1 saturated heterocycles. The summed E-state index contributed by atoms with van der Waals surface area (Å²) in [5.41, 5.74) is 1.51. The van der Waals surface area contributed by atoms with Crippen LogP contribution >= 0.6 is 0 Å². The van der Waals surface area contributed by atoms with Crippen molar-refractivity contribution in [1.29, 1.82) is 0 Å². The number of benzene rings is 2. The largest absolute Gasteiger partial charge is 0.334 e. The van der Waals surface area contributed by atoms with Crippen LogP contribution in [-0.4, -0.2) is 29.8 Å². The zero-order valence-corrected chi connectivity index (χ0v) is 13.8. The number of rotatable bonds is 2. The van der Waals surface area contributed by atoms with Crippen LogP contribution in [0.5, 0.6) is 0 Å². The zero-order valence-electron chi connectivity index (χ0n) is 13.8. The second-order valence-electron chi connectivity index (χ2n) is 6.21. The minimum Gasteiger partial charge on any atom is -0.334 e. The first-order valence-corrected chi connectivity index (χ1v) is 8.06. The lowest BCUT2D eigenvalue weighted by molar-refractivity contribution is -0.142. The van der Waals surface area contributed by atoms with Crippen LogP contribution in [0.4, 0.5) is 14.5 Å². The normalized spacial score (nSPS) is 16.8. The quantitative estimate of drug-likeness (QED) is 0.851. The van der Waals surface area contributed by atoms with Crippen LogP contribution in [0.3, 0.4) is 0 Å². The Morgan fingerprint density at radius 2 is 1.96 bits per heavy atom. The fraction of sp³-hybridized carbons (Fsp3) is 0.263. The second-order valence-corrected chi connectivity index (χ2v) is 6.21. The predicted molar refractivity (Wildman–Crippen MR) is 90.1 cm³/mol. The molecule has 0 aromatic heterocycles. The Morgan fingerprint density at radius 3 is 2.68 bits per heavy atom. The van der Waals surface area contributed by atoms with Gasteiger partial charge in [0.2, 0.25) is 0 Å². The van der Waals surface area contributed by atoms with E-state index in [0.717, 1.165) is 5.56 Å². The molecule has 1 unspecified atom stereocenters. The zero-order chi connectivity index (χ0) is 18.0. The summed E-state index contributed by atoms with van der Waals surface area (Å²) in [6, 6.07) is 10.5. The lowest BCUT2D eigenvalue weighted by Crippen LogP contribution is -2.38. The molecule has 1 atom stereocenters. The van der Waals surface area contributed by atoms with Crippen LogP contribution in [0, 0.1) is 18.6 Å². The fourth-order valence-electron chi connectivity index (χ4n) is 2.98. The number of likely N-dealkylation sites (tertiary alicyclic amines) is 1. The molecule has 2 amide bonds. The van der Waals surface area contributed by atoms with Gasteiger partial charge in [-0.05, 0) is 48.7 Å². The van der Waals surface area contributed by atoms with Crippen LogP contribution in [0.1, 0.15) is 23.5 Å². The molecule has 4 nitrogen and oxygen atoms in total. The Labute approximate surface area is 144 Å². The predicted octanol–water partition coefficient (Wildman–Crippen LogP) is 3.23. The molecule has 25 heavy (non-hydrogen) atoms. The van der Waals surface area contributed by atoms with E-state index in [2.05, 4.69) is 5.32 Å². The third kappa shape index (κ3) is 3.84. The fourth-order valence-corrected chi connectivity index (χ4v) is 2.98. The van der Waals surface area contributed by atoms with Crippen LogP contribution in [0.25, 0.3) is 0 Å². The van der Waals surface area contributed by atoms with Crippen molar-refractivity contribution in [3.8, 4) is 0 Å². The number of nitrogens with zero attached hydrogens (tertiary/aromatic N) is 1. The van der Waals surface area contributed by atoms with Crippen molar-refractivity contribution in [3.63, 3.8) is 0 Å². The summed E-state index contributed by atoms with van der Waals surface area (Å²) in [4.78, 5) is 25.8. The number of anilines is 1. The maximum Gasteiger partial charge on any atom is 0.313 e. The summed E-state index contributed by atoms with van der Waals surface area (Å²) in [6.45, 7) is 2.40. The maximum absolute atomic E-state index is 13.5. The number of amides is 2. The summed E-state index contributed by atoms with van der Waals surface area (Å²) in [6.07, 6.45) is 0.668. The molecule has 6 heteroatoms. The standard InChI is InChI=1S/C19H18F2N2O2/c1-12-5-6-16(10-17(12)21)22-18(24)19(25)23-8-7-14(11-23)13-3-2-4-15(20)9-13/h2-6,9-10,14H,7-8,11H2,1H3,(H,22,24). The van der Waals surface area contributed by atoms with Gasteiger partial charge in [-0.15, -0.1) is 0 Å². The molecule has 0 bridgehead atoms. The van der Waals surface area contributed by atoms with Gasteiger partial charge in [-0.1, -0.05) is 18.2 Å². The minimum absolute atomic E-state index is 0.00395. The molecular weight excluding hydrogens is 326 g/mol. The summed E-state index contributed by atoms with van der Waals surface area (Å²) in [5.74, 6) is -2.23. The molecule has 1 fully saturated rings. The van der Waals surface area contributed by atoms with Crippen molar-refractivity contribution in [1.82, 2.24) is 4.90 Å². The molecule has 0 aliphatic carbocycles. The molecule has 130 valence electrons. The topological polar surface area (TPSA) is 49.4 Å². The van der Waals surface area contributed by atoms with Crippen molar-refractivity contribution < 1.29 is 18.4 Å². The lowest BCUT2D eigenvalue weighted by atomic mass is 9.98. The number of carbonyl (C=O) groups is 2. The highest BCUT2D eigenvalue weighted by atomic mass is 19.1. The molecule has 1 aliphatic heterocycles.